The van der Waals surface area contributed by atoms with Gasteiger partial charge in [-0.25, -0.2) is 4.79 Å². The summed E-state index contributed by atoms with van der Waals surface area (Å²) in [6, 6.07) is 0. The normalized spacial score (nSPS) is 10.2. The molecule has 0 heterocycles. The number of hydrogen-bond acceptors (Lipinski definition) is 3. The fourth-order valence-corrected chi connectivity index (χ4v) is 1.97. The Morgan fingerprint density at radius 1 is 0.900 bits per heavy atom. The molecule has 2 N–H and O–H groups in total. The fraction of sp³-hybridized carbons (Fsp3) is 0.867. The van der Waals surface area contributed by atoms with Crippen molar-refractivity contribution < 1.29 is 19.4 Å². The third-order valence-corrected chi connectivity index (χ3v) is 3.14. The molecule has 0 aliphatic carbocycles. The Hall–Kier alpha value is -1.26. The number of rotatable bonds is 13. The van der Waals surface area contributed by atoms with E-state index in [4.69, 9.17) is 9.84 Å². The highest BCUT2D eigenvalue weighted by atomic mass is 16.5. The predicted octanol–water partition coefficient (Wildman–Crippen LogP) is 3.72. The zero-order valence-corrected chi connectivity index (χ0v) is 12.7. The van der Waals surface area contributed by atoms with Crippen LogP contribution in [0.2, 0.25) is 0 Å². The molecule has 0 aromatic carbocycles. The van der Waals surface area contributed by atoms with Crippen molar-refractivity contribution in [2.75, 3.05) is 13.2 Å². The third kappa shape index (κ3) is 14.8. The van der Waals surface area contributed by atoms with Gasteiger partial charge in [0.05, 0.1) is 6.61 Å². The molecular weight excluding hydrogens is 258 g/mol. The van der Waals surface area contributed by atoms with E-state index >= 15 is 0 Å². The molecule has 0 spiro atoms. The van der Waals surface area contributed by atoms with E-state index in [2.05, 4.69) is 6.92 Å². The van der Waals surface area contributed by atoms with E-state index in [0.29, 0.717) is 6.61 Å². The highest BCUT2D eigenvalue weighted by molar-refractivity contribution is 5.76. The van der Waals surface area contributed by atoms with Crippen molar-refractivity contribution in [1.29, 1.82) is 0 Å². The van der Waals surface area contributed by atoms with Crippen LogP contribution in [0.3, 0.4) is 0 Å². The first kappa shape index (κ1) is 18.7. The maximum absolute atomic E-state index is 11.1. The van der Waals surface area contributed by atoms with Crippen molar-refractivity contribution in [3.05, 3.63) is 0 Å². The van der Waals surface area contributed by atoms with Gasteiger partial charge in [0, 0.05) is 0 Å². The maximum Gasteiger partial charge on any atom is 0.405 e. The average molecular weight is 287 g/mol. The molecule has 0 aliphatic rings. The van der Waals surface area contributed by atoms with Crippen LogP contribution in [-0.4, -0.2) is 30.3 Å². The highest BCUT2D eigenvalue weighted by Crippen LogP contribution is 2.10. The van der Waals surface area contributed by atoms with Crippen LogP contribution in [0.5, 0.6) is 0 Å². The summed E-state index contributed by atoms with van der Waals surface area (Å²) in [5.74, 6) is -0.511. The molecular formula is C15H29NO4. The van der Waals surface area contributed by atoms with Crippen LogP contribution in [0.4, 0.5) is 4.79 Å². The molecule has 0 unspecified atom stereocenters. The van der Waals surface area contributed by atoms with E-state index in [9.17, 15) is 9.59 Å². The first-order valence-electron chi connectivity index (χ1n) is 7.79. The topological polar surface area (TPSA) is 75.6 Å². The summed E-state index contributed by atoms with van der Waals surface area (Å²) >= 11 is 0. The minimum atomic E-state index is -1.21. The van der Waals surface area contributed by atoms with Crippen molar-refractivity contribution >= 4 is 12.1 Å². The number of esters is 1. The van der Waals surface area contributed by atoms with Crippen molar-refractivity contribution in [1.82, 2.24) is 5.32 Å². The molecule has 0 aromatic rings. The number of hydrogen-bond donors (Lipinski definition) is 2. The predicted molar refractivity (Wildman–Crippen MR) is 78.8 cm³/mol. The molecule has 0 rings (SSSR count). The van der Waals surface area contributed by atoms with E-state index < -0.39 is 12.1 Å². The standard InChI is InChI=1S/C15H29NO4/c1-2-3-4-5-6-7-8-9-10-11-12-20-14(17)13-16-15(18)19/h16H,2-13H2,1H3,(H,18,19). The molecule has 5 nitrogen and oxygen atoms in total. The molecule has 0 saturated carbocycles. The van der Waals surface area contributed by atoms with Crippen molar-refractivity contribution in [2.45, 2.75) is 71.1 Å². The summed E-state index contributed by atoms with van der Waals surface area (Å²) in [5, 5.41) is 10.3. The van der Waals surface area contributed by atoms with E-state index in [1.54, 1.807) is 0 Å². The zero-order valence-electron chi connectivity index (χ0n) is 12.7. The van der Waals surface area contributed by atoms with Crippen molar-refractivity contribution in [2.24, 2.45) is 0 Å². The van der Waals surface area contributed by atoms with Gasteiger partial charge in [-0.15, -0.1) is 0 Å². The fourth-order valence-electron chi connectivity index (χ4n) is 1.97. The Bertz CT molecular complexity index is 256. The van der Waals surface area contributed by atoms with Gasteiger partial charge in [-0.3, -0.25) is 4.79 Å². The van der Waals surface area contributed by atoms with Gasteiger partial charge in [0.1, 0.15) is 6.54 Å². The van der Waals surface area contributed by atoms with Gasteiger partial charge < -0.3 is 15.2 Å². The number of carboxylic acid groups (broad SMARTS) is 1. The molecule has 20 heavy (non-hydrogen) atoms. The molecule has 0 saturated heterocycles. The Morgan fingerprint density at radius 2 is 1.40 bits per heavy atom. The Kier molecular flexibility index (Phi) is 13.3. The first-order valence-corrected chi connectivity index (χ1v) is 7.79. The molecule has 118 valence electrons. The molecule has 1 amide bonds. The second-order valence-corrected chi connectivity index (χ2v) is 5.06. The summed E-state index contributed by atoms with van der Waals surface area (Å²) in [6.07, 6.45) is 11.1. The van der Waals surface area contributed by atoms with Crippen LogP contribution in [0.25, 0.3) is 0 Å². The Balaban J connectivity index is 3.12. The minimum Gasteiger partial charge on any atom is -0.465 e. The minimum absolute atomic E-state index is 0.271. The van der Waals surface area contributed by atoms with E-state index in [-0.39, 0.29) is 6.54 Å². The first-order chi connectivity index (χ1) is 9.66. The van der Waals surface area contributed by atoms with Gasteiger partial charge >= 0.3 is 12.1 Å². The van der Waals surface area contributed by atoms with Gasteiger partial charge in [0.2, 0.25) is 0 Å². The van der Waals surface area contributed by atoms with Crippen LogP contribution in [0, 0.1) is 0 Å². The lowest BCUT2D eigenvalue weighted by atomic mass is 10.1. The summed E-state index contributed by atoms with van der Waals surface area (Å²) in [4.78, 5) is 21.2. The monoisotopic (exact) mass is 287 g/mol. The summed E-state index contributed by atoms with van der Waals surface area (Å²) < 4.78 is 4.90. The van der Waals surface area contributed by atoms with Crippen molar-refractivity contribution in [3.63, 3.8) is 0 Å². The smallest absolute Gasteiger partial charge is 0.405 e. The lowest BCUT2D eigenvalue weighted by molar-refractivity contribution is -0.142. The number of carbonyl (C=O) groups excluding carboxylic acids is 1. The summed E-state index contributed by atoms with van der Waals surface area (Å²) in [6.45, 7) is 2.34. The van der Waals surface area contributed by atoms with Crippen LogP contribution in [-0.2, 0) is 9.53 Å². The largest absolute Gasteiger partial charge is 0.465 e. The summed E-state index contributed by atoms with van der Waals surface area (Å²) in [5.41, 5.74) is 0. The van der Waals surface area contributed by atoms with E-state index in [0.717, 1.165) is 12.8 Å². The molecule has 0 atom stereocenters. The molecule has 5 heteroatoms. The van der Waals surface area contributed by atoms with E-state index in [1.165, 1.54) is 51.4 Å². The average Bonchev–Trinajstić information content (AvgIpc) is 2.42. The maximum atomic E-state index is 11.1. The van der Waals surface area contributed by atoms with Crippen molar-refractivity contribution in [3.8, 4) is 0 Å². The van der Waals surface area contributed by atoms with Gasteiger partial charge in [0.25, 0.3) is 0 Å². The van der Waals surface area contributed by atoms with Gasteiger partial charge in [-0.1, -0.05) is 64.7 Å². The SMILES string of the molecule is CCCCCCCCCCCCOC(=O)CNC(=O)O. The number of ether oxygens (including phenoxy) is 1. The van der Waals surface area contributed by atoms with Gasteiger partial charge in [0.15, 0.2) is 0 Å². The van der Waals surface area contributed by atoms with Gasteiger partial charge in [-0.2, -0.15) is 0 Å². The number of amides is 1. The number of carbonyl (C=O) groups is 2. The Labute approximate surface area is 122 Å². The molecule has 0 fully saturated rings. The van der Waals surface area contributed by atoms with E-state index in [1.807, 2.05) is 5.32 Å². The van der Waals surface area contributed by atoms with Crippen LogP contribution in [0.15, 0.2) is 0 Å². The van der Waals surface area contributed by atoms with Crippen LogP contribution < -0.4 is 5.32 Å². The third-order valence-electron chi connectivity index (χ3n) is 3.14. The van der Waals surface area contributed by atoms with Gasteiger partial charge in [-0.05, 0) is 6.42 Å². The lowest BCUT2D eigenvalue weighted by Crippen LogP contribution is -2.29. The van der Waals surface area contributed by atoms with Crippen LogP contribution in [0.1, 0.15) is 71.1 Å². The second-order valence-electron chi connectivity index (χ2n) is 5.06. The second kappa shape index (κ2) is 14.2. The highest BCUT2D eigenvalue weighted by Gasteiger charge is 2.03. The number of nitrogens with one attached hydrogen (secondary N) is 1. The molecule has 0 bridgehead atoms. The molecule has 0 aliphatic heterocycles. The molecule has 0 radical (unpaired) electrons. The Morgan fingerprint density at radius 3 is 1.90 bits per heavy atom. The zero-order chi connectivity index (χ0) is 15.1. The quantitative estimate of drug-likeness (QED) is 0.400. The molecule has 0 aromatic heterocycles. The summed E-state index contributed by atoms with van der Waals surface area (Å²) in [7, 11) is 0. The number of unbranched alkanes of at least 4 members (excludes halogenated alkanes) is 9. The lowest BCUT2D eigenvalue weighted by Gasteiger charge is -2.05. The van der Waals surface area contributed by atoms with Crippen LogP contribution >= 0.6 is 0 Å².